The van der Waals surface area contributed by atoms with E-state index in [9.17, 15) is 0 Å². The van der Waals surface area contributed by atoms with E-state index in [1.807, 2.05) is 13.0 Å². The van der Waals surface area contributed by atoms with Crippen molar-refractivity contribution < 1.29 is 0 Å². The van der Waals surface area contributed by atoms with Crippen LogP contribution in [-0.2, 0) is 0 Å². The summed E-state index contributed by atoms with van der Waals surface area (Å²) < 4.78 is 0. The van der Waals surface area contributed by atoms with Gasteiger partial charge in [-0.25, -0.2) is 9.97 Å². The maximum Gasteiger partial charge on any atom is 0.226 e. The number of fused-ring (bicyclic) bond motifs is 1. The third-order valence-electron chi connectivity index (χ3n) is 3.30. The molecule has 0 saturated heterocycles. The Morgan fingerprint density at radius 2 is 1.86 bits per heavy atom. The summed E-state index contributed by atoms with van der Waals surface area (Å²) in [4.78, 5) is 17.5. The standard InChI is InChI=1S/C16H18N6/c1-4-17-16-21-14-13(18-7-8-19-14)15(22-16)20-12-6-5-10(2)9-11(12)3/h5-9H,4H2,1-3H3,(H2,17,19,20,21,22). The zero-order valence-corrected chi connectivity index (χ0v) is 12.9. The summed E-state index contributed by atoms with van der Waals surface area (Å²) in [6, 6.07) is 6.24. The fourth-order valence-corrected chi connectivity index (χ4v) is 2.27. The molecule has 0 saturated carbocycles. The maximum atomic E-state index is 4.51. The molecule has 0 bridgehead atoms. The van der Waals surface area contributed by atoms with Gasteiger partial charge in [-0.2, -0.15) is 9.97 Å². The monoisotopic (exact) mass is 294 g/mol. The molecule has 0 aliphatic heterocycles. The minimum absolute atomic E-state index is 0.544. The highest BCUT2D eigenvalue weighted by Gasteiger charge is 2.10. The molecule has 0 unspecified atom stereocenters. The summed E-state index contributed by atoms with van der Waals surface area (Å²) in [7, 11) is 0. The number of nitrogens with one attached hydrogen (secondary N) is 2. The second kappa shape index (κ2) is 5.93. The van der Waals surface area contributed by atoms with Crippen LogP contribution in [-0.4, -0.2) is 26.5 Å². The molecular formula is C16H18N6. The number of hydrogen-bond acceptors (Lipinski definition) is 6. The number of aryl methyl sites for hydroxylation is 2. The van der Waals surface area contributed by atoms with Crippen molar-refractivity contribution in [2.75, 3.05) is 17.2 Å². The highest BCUT2D eigenvalue weighted by atomic mass is 15.2. The van der Waals surface area contributed by atoms with Crippen molar-refractivity contribution in [3.63, 3.8) is 0 Å². The van der Waals surface area contributed by atoms with Gasteiger partial charge in [-0.1, -0.05) is 17.7 Å². The highest BCUT2D eigenvalue weighted by molar-refractivity contribution is 5.86. The maximum absolute atomic E-state index is 4.51. The molecule has 2 heterocycles. The first kappa shape index (κ1) is 14.2. The van der Waals surface area contributed by atoms with Crippen molar-refractivity contribution in [2.24, 2.45) is 0 Å². The fraction of sp³-hybridized carbons (Fsp3) is 0.250. The molecule has 2 N–H and O–H groups in total. The Balaban J connectivity index is 2.08. The fourth-order valence-electron chi connectivity index (χ4n) is 2.27. The van der Waals surface area contributed by atoms with Gasteiger partial charge in [0, 0.05) is 24.6 Å². The molecule has 3 rings (SSSR count). The first-order valence-corrected chi connectivity index (χ1v) is 7.24. The number of nitrogens with zero attached hydrogens (tertiary/aromatic N) is 4. The van der Waals surface area contributed by atoms with Gasteiger partial charge in [-0.15, -0.1) is 0 Å². The molecule has 6 nitrogen and oxygen atoms in total. The molecule has 1 aromatic carbocycles. The van der Waals surface area contributed by atoms with Gasteiger partial charge in [0.2, 0.25) is 5.95 Å². The van der Waals surface area contributed by atoms with Crippen molar-refractivity contribution in [3.8, 4) is 0 Å². The summed E-state index contributed by atoms with van der Waals surface area (Å²) in [5.41, 5.74) is 4.60. The second-order valence-electron chi connectivity index (χ2n) is 5.10. The van der Waals surface area contributed by atoms with E-state index in [1.54, 1.807) is 12.4 Å². The van der Waals surface area contributed by atoms with Crippen LogP contribution in [0.1, 0.15) is 18.1 Å². The van der Waals surface area contributed by atoms with Crippen LogP contribution in [0.15, 0.2) is 30.6 Å². The van der Waals surface area contributed by atoms with Gasteiger partial charge in [-0.3, -0.25) is 0 Å². The summed E-state index contributed by atoms with van der Waals surface area (Å²) >= 11 is 0. The average Bonchev–Trinajstić information content (AvgIpc) is 2.50. The van der Waals surface area contributed by atoms with Crippen molar-refractivity contribution in [1.82, 2.24) is 19.9 Å². The molecule has 2 aromatic heterocycles. The lowest BCUT2D eigenvalue weighted by Gasteiger charge is -2.12. The molecule has 0 fully saturated rings. The third kappa shape index (κ3) is 2.81. The van der Waals surface area contributed by atoms with Gasteiger partial charge in [-0.05, 0) is 32.4 Å². The van der Waals surface area contributed by atoms with Crippen molar-refractivity contribution >= 4 is 28.6 Å². The van der Waals surface area contributed by atoms with Crippen LogP contribution in [0.2, 0.25) is 0 Å². The van der Waals surface area contributed by atoms with Crippen LogP contribution in [0, 0.1) is 13.8 Å². The minimum atomic E-state index is 0.544. The highest BCUT2D eigenvalue weighted by Crippen LogP contribution is 2.25. The Hall–Kier alpha value is -2.76. The smallest absolute Gasteiger partial charge is 0.226 e. The quantitative estimate of drug-likeness (QED) is 0.769. The van der Waals surface area contributed by atoms with E-state index >= 15 is 0 Å². The summed E-state index contributed by atoms with van der Waals surface area (Å²) in [5, 5.41) is 6.47. The van der Waals surface area contributed by atoms with Gasteiger partial charge in [0.1, 0.15) is 0 Å². The normalized spacial score (nSPS) is 10.7. The van der Waals surface area contributed by atoms with Crippen LogP contribution in [0.4, 0.5) is 17.5 Å². The van der Waals surface area contributed by atoms with E-state index in [2.05, 4.69) is 56.5 Å². The van der Waals surface area contributed by atoms with Gasteiger partial charge in [0.15, 0.2) is 17.0 Å². The van der Waals surface area contributed by atoms with E-state index in [1.165, 1.54) is 5.56 Å². The number of hydrogen-bond donors (Lipinski definition) is 2. The van der Waals surface area contributed by atoms with Gasteiger partial charge >= 0.3 is 0 Å². The van der Waals surface area contributed by atoms with Crippen molar-refractivity contribution in [1.29, 1.82) is 0 Å². The van der Waals surface area contributed by atoms with Crippen LogP contribution in [0.25, 0.3) is 11.2 Å². The molecular weight excluding hydrogens is 276 g/mol. The summed E-state index contributed by atoms with van der Waals surface area (Å²) in [6.45, 7) is 6.89. The van der Waals surface area contributed by atoms with Gasteiger partial charge in [0.05, 0.1) is 0 Å². The molecule has 0 radical (unpaired) electrons. The first-order valence-electron chi connectivity index (χ1n) is 7.24. The van der Waals surface area contributed by atoms with Crippen LogP contribution in [0.5, 0.6) is 0 Å². The first-order chi connectivity index (χ1) is 10.7. The lowest BCUT2D eigenvalue weighted by molar-refractivity contribution is 1.08. The predicted molar refractivity (Wildman–Crippen MR) is 88.5 cm³/mol. The van der Waals surface area contributed by atoms with Crippen LogP contribution in [0.3, 0.4) is 0 Å². The number of benzene rings is 1. The molecule has 112 valence electrons. The Bertz CT molecular complexity index is 815. The zero-order chi connectivity index (χ0) is 15.5. The Kier molecular flexibility index (Phi) is 3.82. The van der Waals surface area contributed by atoms with E-state index in [4.69, 9.17) is 0 Å². The van der Waals surface area contributed by atoms with Gasteiger partial charge < -0.3 is 10.6 Å². The van der Waals surface area contributed by atoms with E-state index in [0.717, 1.165) is 17.8 Å². The van der Waals surface area contributed by atoms with E-state index < -0.39 is 0 Å². The zero-order valence-electron chi connectivity index (χ0n) is 12.9. The second-order valence-corrected chi connectivity index (χ2v) is 5.10. The topological polar surface area (TPSA) is 75.6 Å². The third-order valence-corrected chi connectivity index (χ3v) is 3.30. The molecule has 0 atom stereocenters. The molecule has 0 aliphatic rings. The molecule has 0 amide bonds. The SMILES string of the molecule is CCNc1nc(Nc2ccc(C)cc2C)c2nccnc2n1. The molecule has 22 heavy (non-hydrogen) atoms. The van der Waals surface area contributed by atoms with Gasteiger partial charge in [0.25, 0.3) is 0 Å². The van der Waals surface area contributed by atoms with Crippen LogP contribution >= 0.6 is 0 Å². The van der Waals surface area contributed by atoms with E-state index in [0.29, 0.717) is 22.9 Å². The lowest BCUT2D eigenvalue weighted by Crippen LogP contribution is -2.07. The van der Waals surface area contributed by atoms with E-state index in [-0.39, 0.29) is 0 Å². The molecule has 0 aliphatic carbocycles. The number of aromatic nitrogens is 4. The predicted octanol–water partition coefficient (Wildman–Crippen LogP) is 3.21. The molecule has 6 heteroatoms. The number of rotatable bonds is 4. The molecule has 3 aromatic rings. The number of anilines is 3. The average molecular weight is 294 g/mol. The Labute approximate surface area is 129 Å². The Morgan fingerprint density at radius 1 is 1.05 bits per heavy atom. The molecule has 0 spiro atoms. The van der Waals surface area contributed by atoms with Crippen LogP contribution < -0.4 is 10.6 Å². The summed E-state index contributed by atoms with van der Waals surface area (Å²) in [6.07, 6.45) is 3.28. The van der Waals surface area contributed by atoms with Crippen molar-refractivity contribution in [3.05, 3.63) is 41.7 Å². The largest absolute Gasteiger partial charge is 0.354 e. The van der Waals surface area contributed by atoms with Crippen molar-refractivity contribution in [2.45, 2.75) is 20.8 Å². The Morgan fingerprint density at radius 3 is 2.64 bits per heavy atom. The minimum Gasteiger partial charge on any atom is -0.354 e. The lowest BCUT2D eigenvalue weighted by atomic mass is 10.1. The summed E-state index contributed by atoms with van der Waals surface area (Å²) in [5.74, 6) is 1.20.